The van der Waals surface area contributed by atoms with E-state index < -0.39 is 5.97 Å². The smallest absolute Gasteiger partial charge is 0.354 e. The van der Waals surface area contributed by atoms with Gasteiger partial charge in [-0.1, -0.05) is 38.1 Å². The molecule has 3 rings (SSSR count). The lowest BCUT2D eigenvalue weighted by atomic mass is 10.0. The number of carbonyl (C=O) groups is 2. The van der Waals surface area contributed by atoms with Gasteiger partial charge in [-0.25, -0.2) is 9.78 Å². The molecule has 0 aliphatic heterocycles. The van der Waals surface area contributed by atoms with Crippen molar-refractivity contribution in [3.05, 3.63) is 65.0 Å². The molecular weight excluding hydrogens is 316 g/mol. The molecule has 1 aliphatic carbocycles. The van der Waals surface area contributed by atoms with E-state index in [9.17, 15) is 9.59 Å². The lowest BCUT2D eigenvalue weighted by molar-refractivity contribution is 0.0690. The number of nitrogens with zero attached hydrogens (tertiary/aromatic N) is 2. The van der Waals surface area contributed by atoms with Crippen LogP contribution in [0.4, 0.5) is 0 Å². The monoisotopic (exact) mass is 338 g/mol. The summed E-state index contributed by atoms with van der Waals surface area (Å²) in [4.78, 5) is 29.6. The average molecular weight is 338 g/mol. The molecule has 1 amide bonds. The molecule has 1 aliphatic rings. The maximum Gasteiger partial charge on any atom is 0.354 e. The number of hydrogen-bond acceptors (Lipinski definition) is 3. The Bertz CT molecular complexity index is 780. The van der Waals surface area contributed by atoms with Crippen LogP contribution in [0.5, 0.6) is 0 Å². The molecule has 5 heteroatoms. The minimum Gasteiger partial charge on any atom is -0.477 e. The van der Waals surface area contributed by atoms with Crippen LogP contribution in [0.15, 0.2) is 42.6 Å². The van der Waals surface area contributed by atoms with Crippen molar-refractivity contribution in [2.75, 3.05) is 0 Å². The molecule has 0 atom stereocenters. The quantitative estimate of drug-likeness (QED) is 0.871. The van der Waals surface area contributed by atoms with Gasteiger partial charge >= 0.3 is 5.97 Å². The van der Waals surface area contributed by atoms with E-state index in [1.165, 1.54) is 17.8 Å². The second kappa shape index (κ2) is 7.05. The largest absolute Gasteiger partial charge is 0.477 e. The van der Waals surface area contributed by atoms with Gasteiger partial charge in [0.2, 0.25) is 0 Å². The summed E-state index contributed by atoms with van der Waals surface area (Å²) in [5, 5.41) is 9.07. The molecule has 1 saturated carbocycles. The Labute approximate surface area is 147 Å². The Morgan fingerprint density at radius 3 is 2.44 bits per heavy atom. The molecule has 0 spiro atoms. The zero-order valence-electron chi connectivity index (χ0n) is 14.5. The lowest BCUT2D eigenvalue weighted by Gasteiger charge is -2.23. The number of carbonyl (C=O) groups excluding carboxylic acids is 1. The van der Waals surface area contributed by atoms with E-state index in [2.05, 4.69) is 43.1 Å². The Hall–Kier alpha value is -2.69. The van der Waals surface area contributed by atoms with Gasteiger partial charge in [-0.15, -0.1) is 0 Å². The van der Waals surface area contributed by atoms with Gasteiger partial charge in [0.1, 0.15) is 5.69 Å². The van der Waals surface area contributed by atoms with E-state index in [-0.39, 0.29) is 17.6 Å². The van der Waals surface area contributed by atoms with E-state index >= 15 is 0 Å². The van der Waals surface area contributed by atoms with Gasteiger partial charge < -0.3 is 10.0 Å². The summed E-state index contributed by atoms with van der Waals surface area (Å²) in [6.07, 6.45) is 3.36. The molecule has 1 N–H and O–H groups in total. The predicted octanol–water partition coefficient (Wildman–Crippen LogP) is 3.71. The maximum absolute atomic E-state index is 12.9. The van der Waals surface area contributed by atoms with Crippen LogP contribution < -0.4 is 0 Å². The molecule has 1 aromatic carbocycles. The van der Waals surface area contributed by atoms with Crippen LogP contribution in [0.25, 0.3) is 0 Å². The zero-order valence-corrected chi connectivity index (χ0v) is 14.5. The summed E-state index contributed by atoms with van der Waals surface area (Å²) in [5.41, 5.74) is 2.62. The lowest BCUT2D eigenvalue weighted by Crippen LogP contribution is -2.32. The number of aromatic carboxylic acids is 1. The first kappa shape index (κ1) is 17.1. The first-order valence-corrected chi connectivity index (χ1v) is 8.55. The summed E-state index contributed by atoms with van der Waals surface area (Å²) < 4.78 is 0. The highest BCUT2D eigenvalue weighted by Crippen LogP contribution is 2.30. The highest BCUT2D eigenvalue weighted by Gasteiger charge is 2.33. The zero-order chi connectivity index (χ0) is 18.0. The van der Waals surface area contributed by atoms with E-state index in [4.69, 9.17) is 5.11 Å². The Morgan fingerprint density at radius 2 is 1.88 bits per heavy atom. The summed E-state index contributed by atoms with van der Waals surface area (Å²) >= 11 is 0. The Balaban J connectivity index is 1.80. The van der Waals surface area contributed by atoms with E-state index in [1.807, 2.05) is 4.90 Å². The Morgan fingerprint density at radius 1 is 1.20 bits per heavy atom. The minimum atomic E-state index is -1.13. The summed E-state index contributed by atoms with van der Waals surface area (Å²) in [6, 6.07) is 11.5. The van der Waals surface area contributed by atoms with Gasteiger partial charge in [0.15, 0.2) is 0 Å². The van der Waals surface area contributed by atoms with Gasteiger partial charge in [0.05, 0.1) is 0 Å². The van der Waals surface area contributed by atoms with E-state index in [1.54, 1.807) is 6.07 Å². The van der Waals surface area contributed by atoms with Crippen molar-refractivity contribution >= 4 is 11.9 Å². The van der Waals surface area contributed by atoms with Crippen molar-refractivity contribution in [3.8, 4) is 0 Å². The Kier molecular flexibility index (Phi) is 4.83. The van der Waals surface area contributed by atoms with Gasteiger partial charge in [0, 0.05) is 24.3 Å². The van der Waals surface area contributed by atoms with Crippen molar-refractivity contribution in [1.82, 2.24) is 9.88 Å². The molecular formula is C20H22N2O3. The molecule has 1 heterocycles. The molecule has 0 bridgehead atoms. The topological polar surface area (TPSA) is 70.5 Å². The van der Waals surface area contributed by atoms with Crippen LogP contribution in [0.3, 0.4) is 0 Å². The number of aromatic nitrogens is 1. The first-order valence-electron chi connectivity index (χ1n) is 8.55. The van der Waals surface area contributed by atoms with Crippen LogP contribution >= 0.6 is 0 Å². The van der Waals surface area contributed by atoms with Crippen molar-refractivity contribution in [2.45, 2.75) is 45.2 Å². The maximum atomic E-state index is 12.9. The van der Waals surface area contributed by atoms with E-state index in [0.717, 1.165) is 18.4 Å². The van der Waals surface area contributed by atoms with Crippen LogP contribution in [0.1, 0.15) is 64.6 Å². The van der Waals surface area contributed by atoms with Gasteiger partial charge in [-0.2, -0.15) is 0 Å². The summed E-state index contributed by atoms with van der Waals surface area (Å²) in [6.45, 7) is 4.84. The summed E-state index contributed by atoms with van der Waals surface area (Å²) in [5.74, 6) is -0.793. The molecule has 0 unspecified atom stereocenters. The van der Waals surface area contributed by atoms with Crippen molar-refractivity contribution < 1.29 is 14.7 Å². The third kappa shape index (κ3) is 4.05. The second-order valence-corrected chi connectivity index (χ2v) is 6.80. The van der Waals surface area contributed by atoms with Crippen molar-refractivity contribution in [3.63, 3.8) is 0 Å². The second-order valence-electron chi connectivity index (χ2n) is 6.80. The predicted molar refractivity (Wildman–Crippen MR) is 94.6 cm³/mol. The number of pyridine rings is 1. The SMILES string of the molecule is CC(C)c1ccc(CN(C(=O)c2ccnc(C(=O)O)c2)C2CC2)cc1. The number of carboxylic acid groups (broad SMARTS) is 1. The van der Waals surface area contributed by atoms with Gasteiger partial charge in [-0.05, 0) is 42.0 Å². The standard InChI is InChI=1S/C20H22N2O3/c1-13(2)15-5-3-14(4-6-15)12-22(17-7-8-17)19(23)16-9-10-21-18(11-16)20(24)25/h3-6,9-11,13,17H,7-8,12H2,1-2H3,(H,24,25). The summed E-state index contributed by atoms with van der Waals surface area (Å²) in [7, 11) is 0. The normalized spacial score (nSPS) is 13.7. The van der Waals surface area contributed by atoms with Gasteiger partial charge in [0.25, 0.3) is 5.91 Å². The fourth-order valence-electron chi connectivity index (χ4n) is 2.80. The first-order chi connectivity index (χ1) is 12.0. The van der Waals surface area contributed by atoms with Crippen LogP contribution in [0, 0.1) is 0 Å². The van der Waals surface area contributed by atoms with Crippen LogP contribution in [-0.2, 0) is 6.54 Å². The molecule has 1 fully saturated rings. The minimum absolute atomic E-state index is 0.108. The highest BCUT2D eigenvalue weighted by atomic mass is 16.4. The molecule has 25 heavy (non-hydrogen) atoms. The molecule has 0 radical (unpaired) electrons. The van der Waals surface area contributed by atoms with E-state index in [0.29, 0.717) is 18.0 Å². The number of hydrogen-bond donors (Lipinski definition) is 1. The van der Waals surface area contributed by atoms with Crippen LogP contribution in [-0.4, -0.2) is 32.9 Å². The molecule has 2 aromatic rings. The molecule has 5 nitrogen and oxygen atoms in total. The average Bonchev–Trinajstić information content (AvgIpc) is 3.44. The fourth-order valence-corrected chi connectivity index (χ4v) is 2.80. The number of carboxylic acids is 1. The number of amides is 1. The number of benzene rings is 1. The van der Waals surface area contributed by atoms with Crippen molar-refractivity contribution in [1.29, 1.82) is 0 Å². The van der Waals surface area contributed by atoms with Gasteiger partial charge in [-0.3, -0.25) is 4.79 Å². The number of rotatable bonds is 6. The third-order valence-corrected chi connectivity index (χ3v) is 4.47. The molecule has 0 saturated heterocycles. The fraction of sp³-hybridized carbons (Fsp3) is 0.350. The van der Waals surface area contributed by atoms with Crippen molar-refractivity contribution in [2.24, 2.45) is 0 Å². The van der Waals surface area contributed by atoms with Crippen LogP contribution in [0.2, 0.25) is 0 Å². The highest BCUT2D eigenvalue weighted by molar-refractivity contribution is 5.97. The third-order valence-electron chi connectivity index (χ3n) is 4.47. The molecule has 130 valence electrons. The molecule has 1 aromatic heterocycles.